The molecule has 0 saturated heterocycles. The van der Waals surface area contributed by atoms with E-state index in [1.807, 2.05) is 0 Å². The summed E-state index contributed by atoms with van der Waals surface area (Å²) in [4.78, 5) is 20.7. The first kappa shape index (κ1) is 23.7. The van der Waals surface area contributed by atoms with Crippen LogP contribution in [-0.4, -0.2) is 11.8 Å². The van der Waals surface area contributed by atoms with E-state index < -0.39 is 29.3 Å². The fourth-order valence-electron chi connectivity index (χ4n) is 1.21. The number of alkyl halides is 3. The smallest absolute Gasteiger partial charge is 0.872 e. The van der Waals surface area contributed by atoms with Gasteiger partial charge in [-0.25, -0.2) is 0 Å². The van der Waals surface area contributed by atoms with Gasteiger partial charge in [0.1, 0.15) is 5.97 Å². The summed E-state index contributed by atoms with van der Waals surface area (Å²) in [5.74, 6) is -3.90. The number of hydrogen-bond acceptors (Lipinski definition) is 4. The Labute approximate surface area is 168 Å². The molecule has 1 aromatic carbocycles. The molecule has 0 aliphatic rings. The maximum absolute atomic E-state index is 12.3. The Morgan fingerprint density at radius 1 is 1.00 bits per heavy atom. The molecule has 0 heterocycles. The normalized spacial score (nSPS) is 11.5. The fraction of sp³-hybridized carbons (Fsp3) is 0.0769. The number of carboxylic acids is 1. The zero-order valence-electron chi connectivity index (χ0n) is 11.8. The number of carboxylic acid groups (broad SMARTS) is 1. The quantitative estimate of drug-likeness (QED) is 0.181. The molecule has 4 nitrogen and oxygen atoms in total. The molecule has 0 saturated carbocycles. The van der Waals surface area contributed by atoms with E-state index in [2.05, 4.69) is 0 Å². The van der Waals surface area contributed by atoms with Crippen LogP contribution in [0.3, 0.4) is 0 Å². The summed E-state index contributed by atoms with van der Waals surface area (Å²) < 4.78 is 36.9. The van der Waals surface area contributed by atoms with Crippen LogP contribution in [0.25, 0.3) is 5.76 Å². The van der Waals surface area contributed by atoms with E-state index in [0.29, 0.717) is 6.08 Å². The Kier molecular flexibility index (Phi) is 11.0. The van der Waals surface area contributed by atoms with E-state index in [1.165, 1.54) is 0 Å². The van der Waals surface area contributed by atoms with Gasteiger partial charge in [-0.1, -0.05) is 24.3 Å². The molecule has 0 amide bonds. The van der Waals surface area contributed by atoms with E-state index >= 15 is 0 Å². The molecule has 0 aliphatic heterocycles. The number of ketones is 1. The van der Waals surface area contributed by atoms with Crippen molar-refractivity contribution in [1.82, 2.24) is 0 Å². The molecule has 0 bridgehead atoms. The van der Waals surface area contributed by atoms with Crippen molar-refractivity contribution in [3.05, 3.63) is 53.6 Å². The second kappa shape index (κ2) is 10.3. The van der Waals surface area contributed by atoms with Crippen LogP contribution in [0.1, 0.15) is 11.1 Å². The zero-order chi connectivity index (χ0) is 15.3. The van der Waals surface area contributed by atoms with Gasteiger partial charge in [0.25, 0.3) is 0 Å². The van der Waals surface area contributed by atoms with Crippen LogP contribution < -0.4 is 69.3 Å². The third-order valence-electron chi connectivity index (χ3n) is 2.19. The van der Waals surface area contributed by atoms with Gasteiger partial charge in [-0.3, -0.25) is 4.79 Å². The number of rotatable bonds is 4. The first-order valence-corrected chi connectivity index (χ1v) is 5.20. The van der Waals surface area contributed by atoms with Crippen molar-refractivity contribution < 1.29 is 92.1 Å². The van der Waals surface area contributed by atoms with Gasteiger partial charge in [-0.2, -0.15) is 13.2 Å². The standard InChI is InChI=1S/C13H9F3O4.2Na/c14-13(15,16)9-6-4-8(5-7-9)10(17)2-1-3-11(18)12(19)20;;/h1-7,17H,(H,19,20);;/q;2*+1/p-2/b3-1+,10-2-;;. The molecule has 0 unspecified atom stereocenters. The number of carbonyl (C=O) groups excluding carboxylic acids is 2. The van der Waals surface area contributed by atoms with Crippen LogP contribution in [0.4, 0.5) is 13.2 Å². The summed E-state index contributed by atoms with van der Waals surface area (Å²) in [6.07, 6.45) is -2.13. The third-order valence-corrected chi connectivity index (χ3v) is 2.19. The van der Waals surface area contributed by atoms with Crippen LogP contribution in [0.2, 0.25) is 0 Å². The Morgan fingerprint density at radius 2 is 1.50 bits per heavy atom. The van der Waals surface area contributed by atoms with E-state index in [4.69, 9.17) is 0 Å². The molecule has 0 atom stereocenters. The van der Waals surface area contributed by atoms with E-state index in [0.717, 1.165) is 36.4 Å². The summed E-state index contributed by atoms with van der Waals surface area (Å²) in [7, 11) is 0. The van der Waals surface area contributed by atoms with Crippen molar-refractivity contribution >= 4 is 17.5 Å². The number of aliphatic carboxylic acids is 1. The Hall–Kier alpha value is -0.570. The molecule has 0 fully saturated rings. The summed E-state index contributed by atoms with van der Waals surface area (Å²) in [6.45, 7) is 0. The van der Waals surface area contributed by atoms with Gasteiger partial charge in [0.2, 0.25) is 5.78 Å². The topological polar surface area (TPSA) is 80.3 Å². The molecule has 0 radical (unpaired) electrons. The van der Waals surface area contributed by atoms with Crippen molar-refractivity contribution in [1.29, 1.82) is 0 Å². The second-order valence-corrected chi connectivity index (χ2v) is 3.62. The Bertz CT molecular complexity index is 578. The summed E-state index contributed by atoms with van der Waals surface area (Å²) in [5.41, 5.74) is -0.916. The number of carbonyl (C=O) groups is 2. The van der Waals surface area contributed by atoms with Crippen molar-refractivity contribution in [2.24, 2.45) is 0 Å². The van der Waals surface area contributed by atoms with Crippen LogP contribution >= 0.6 is 0 Å². The average Bonchev–Trinajstić information content (AvgIpc) is 2.37. The number of benzene rings is 1. The minimum absolute atomic E-state index is 0. The van der Waals surface area contributed by atoms with Gasteiger partial charge >= 0.3 is 65.3 Å². The fourth-order valence-corrected chi connectivity index (χ4v) is 1.21. The maximum Gasteiger partial charge on any atom is 1.00 e. The van der Waals surface area contributed by atoms with Crippen LogP contribution in [0.15, 0.2) is 42.5 Å². The van der Waals surface area contributed by atoms with Gasteiger partial charge in [0.05, 0.1) is 5.56 Å². The van der Waals surface area contributed by atoms with E-state index in [9.17, 15) is 33.0 Å². The van der Waals surface area contributed by atoms with Gasteiger partial charge in [-0.05, 0) is 23.8 Å². The average molecular weight is 330 g/mol. The first-order valence-electron chi connectivity index (χ1n) is 5.20. The molecule has 1 aromatic rings. The summed E-state index contributed by atoms with van der Waals surface area (Å²) in [6, 6.07) is 3.46. The van der Waals surface area contributed by atoms with Crippen molar-refractivity contribution in [2.75, 3.05) is 0 Å². The second-order valence-electron chi connectivity index (χ2n) is 3.62. The van der Waals surface area contributed by atoms with Crippen molar-refractivity contribution in [3.8, 4) is 0 Å². The predicted octanol–water partition coefficient (Wildman–Crippen LogP) is -5.71. The van der Waals surface area contributed by atoms with Crippen LogP contribution in [-0.2, 0) is 15.8 Å². The van der Waals surface area contributed by atoms with Crippen LogP contribution in [0.5, 0.6) is 0 Å². The van der Waals surface area contributed by atoms with E-state index in [-0.39, 0.29) is 64.7 Å². The number of hydrogen-bond donors (Lipinski definition) is 0. The maximum atomic E-state index is 12.3. The molecule has 0 aromatic heterocycles. The van der Waals surface area contributed by atoms with Gasteiger partial charge in [0, 0.05) is 0 Å². The molecule has 0 aliphatic carbocycles. The minimum Gasteiger partial charge on any atom is -0.872 e. The summed E-state index contributed by atoms with van der Waals surface area (Å²) in [5, 5.41) is 21.6. The zero-order valence-corrected chi connectivity index (χ0v) is 15.8. The Morgan fingerprint density at radius 3 is 1.91 bits per heavy atom. The monoisotopic (exact) mass is 330 g/mol. The summed E-state index contributed by atoms with van der Waals surface area (Å²) >= 11 is 0. The minimum atomic E-state index is -4.49. The van der Waals surface area contributed by atoms with Crippen molar-refractivity contribution in [3.63, 3.8) is 0 Å². The molecular formula is C13H7F3Na2O4. The molecule has 1 rings (SSSR count). The van der Waals surface area contributed by atoms with Crippen molar-refractivity contribution in [2.45, 2.75) is 6.18 Å². The van der Waals surface area contributed by atoms with Crippen LogP contribution in [0, 0.1) is 0 Å². The third kappa shape index (κ3) is 7.62. The molecule has 22 heavy (non-hydrogen) atoms. The molecular weight excluding hydrogens is 323 g/mol. The first-order chi connectivity index (χ1) is 9.21. The number of allylic oxidation sites excluding steroid dienone is 2. The predicted molar refractivity (Wildman–Crippen MR) is 58.6 cm³/mol. The van der Waals surface area contributed by atoms with Gasteiger partial charge in [-0.15, -0.1) is 5.76 Å². The Balaban J connectivity index is 0. The van der Waals surface area contributed by atoms with Gasteiger partial charge in [0.15, 0.2) is 0 Å². The molecule has 0 N–H and O–H groups in total. The van der Waals surface area contributed by atoms with E-state index in [1.54, 1.807) is 0 Å². The largest absolute Gasteiger partial charge is 1.00 e. The van der Waals surface area contributed by atoms with Gasteiger partial charge < -0.3 is 15.0 Å². The SMILES string of the molecule is O=C([O-])C(=O)/C=C/C=C(\[O-])c1ccc(C(F)(F)F)cc1.[Na+].[Na+]. The number of halogens is 3. The molecule has 9 heteroatoms. The molecule has 0 spiro atoms. The molecule has 106 valence electrons.